The number of rotatable bonds is 7. The molecule has 2 aromatic carbocycles. The van der Waals surface area contributed by atoms with Crippen molar-refractivity contribution in [3.63, 3.8) is 0 Å². The number of benzene rings is 2. The van der Waals surface area contributed by atoms with Gasteiger partial charge >= 0.3 is 5.97 Å². The zero-order chi connectivity index (χ0) is 25.1. The van der Waals surface area contributed by atoms with E-state index in [1.807, 2.05) is 64.1 Å². The van der Waals surface area contributed by atoms with Crippen molar-refractivity contribution in [2.45, 2.75) is 58.5 Å². The van der Waals surface area contributed by atoms with Gasteiger partial charge in [0.05, 0.1) is 25.4 Å². The van der Waals surface area contributed by atoms with Gasteiger partial charge in [-0.3, -0.25) is 4.79 Å². The minimum absolute atomic E-state index is 0.0350. The topological polar surface area (TPSA) is 73.9 Å². The summed E-state index contributed by atoms with van der Waals surface area (Å²) in [6.45, 7) is 7.92. The van der Waals surface area contributed by atoms with E-state index in [9.17, 15) is 9.59 Å². The largest absolute Gasteiger partial charge is 0.493 e. The van der Waals surface area contributed by atoms with Gasteiger partial charge in [0.1, 0.15) is 0 Å². The fraction of sp³-hybridized carbons (Fsp3) is 0.379. The van der Waals surface area contributed by atoms with Crippen LogP contribution in [-0.4, -0.2) is 31.6 Å². The van der Waals surface area contributed by atoms with Crippen molar-refractivity contribution < 1.29 is 23.8 Å². The van der Waals surface area contributed by atoms with Gasteiger partial charge in [0.15, 0.2) is 17.3 Å². The van der Waals surface area contributed by atoms with Crippen LogP contribution in [0.2, 0.25) is 0 Å². The number of carbonyl (C=O) groups is 2. The summed E-state index contributed by atoms with van der Waals surface area (Å²) in [5.41, 5.74) is 4.58. The van der Waals surface area contributed by atoms with Gasteiger partial charge in [-0.1, -0.05) is 36.4 Å². The van der Waals surface area contributed by atoms with Crippen LogP contribution in [0.1, 0.15) is 63.5 Å². The SMILES string of the molecule is CCOc1ccc([C@@H]2C(C(=O)OC(C)C)=C(C)NC3=C2C(=O)C[C@H](c2ccccc2)C3)cc1OC. The molecule has 6 nitrogen and oxygen atoms in total. The molecule has 0 fully saturated rings. The first-order valence-electron chi connectivity index (χ1n) is 12.1. The second-order valence-corrected chi connectivity index (χ2v) is 9.23. The van der Waals surface area contributed by atoms with Crippen LogP contribution < -0.4 is 14.8 Å². The fourth-order valence-corrected chi connectivity index (χ4v) is 5.02. The van der Waals surface area contributed by atoms with Crippen LogP contribution >= 0.6 is 0 Å². The van der Waals surface area contributed by atoms with E-state index in [0.29, 0.717) is 47.8 Å². The minimum atomic E-state index is -0.550. The number of esters is 1. The molecule has 2 aliphatic rings. The first-order chi connectivity index (χ1) is 16.8. The Labute approximate surface area is 207 Å². The van der Waals surface area contributed by atoms with E-state index < -0.39 is 11.9 Å². The molecule has 2 aromatic rings. The first-order valence-corrected chi connectivity index (χ1v) is 12.1. The van der Waals surface area contributed by atoms with E-state index in [-0.39, 0.29) is 17.8 Å². The van der Waals surface area contributed by atoms with E-state index in [1.165, 1.54) is 0 Å². The number of hydrogen-bond acceptors (Lipinski definition) is 6. The molecule has 0 unspecified atom stereocenters. The summed E-state index contributed by atoms with van der Waals surface area (Å²) >= 11 is 0. The summed E-state index contributed by atoms with van der Waals surface area (Å²) in [6, 6.07) is 15.7. The average Bonchev–Trinajstić information content (AvgIpc) is 2.83. The molecule has 0 bridgehead atoms. The Hall–Kier alpha value is -3.54. The number of nitrogens with one attached hydrogen (secondary N) is 1. The highest BCUT2D eigenvalue weighted by Gasteiger charge is 2.41. The maximum atomic E-state index is 13.7. The van der Waals surface area contributed by atoms with Crippen molar-refractivity contribution in [3.05, 3.63) is 82.2 Å². The molecule has 6 heteroatoms. The highest BCUT2D eigenvalue weighted by Crippen LogP contribution is 2.47. The van der Waals surface area contributed by atoms with Gasteiger partial charge < -0.3 is 19.5 Å². The molecule has 0 saturated carbocycles. The molecule has 0 spiro atoms. The van der Waals surface area contributed by atoms with E-state index in [1.54, 1.807) is 7.11 Å². The highest BCUT2D eigenvalue weighted by molar-refractivity contribution is 6.04. The highest BCUT2D eigenvalue weighted by atomic mass is 16.5. The molecular weight excluding hydrogens is 442 g/mol. The van der Waals surface area contributed by atoms with Gasteiger partial charge in [0, 0.05) is 29.3 Å². The lowest BCUT2D eigenvalue weighted by atomic mass is 9.71. The molecule has 0 aromatic heterocycles. The maximum absolute atomic E-state index is 13.7. The second-order valence-electron chi connectivity index (χ2n) is 9.23. The van der Waals surface area contributed by atoms with Gasteiger partial charge in [-0.25, -0.2) is 4.79 Å². The van der Waals surface area contributed by atoms with Crippen LogP contribution in [0.4, 0.5) is 0 Å². The molecule has 184 valence electrons. The Morgan fingerprint density at radius 3 is 2.46 bits per heavy atom. The molecule has 1 aliphatic heterocycles. The number of allylic oxidation sites excluding steroid dienone is 3. The van der Waals surface area contributed by atoms with Crippen molar-refractivity contribution in [2.75, 3.05) is 13.7 Å². The van der Waals surface area contributed by atoms with Crippen LogP contribution in [0.15, 0.2) is 71.1 Å². The lowest BCUT2D eigenvalue weighted by Crippen LogP contribution is -2.36. The number of hydrogen-bond donors (Lipinski definition) is 1. The lowest BCUT2D eigenvalue weighted by molar-refractivity contribution is -0.143. The number of Topliss-reactive ketones (excluding diaryl/α,β-unsaturated/α-hetero) is 1. The second kappa shape index (κ2) is 10.4. The van der Waals surface area contributed by atoms with Crippen molar-refractivity contribution in [3.8, 4) is 11.5 Å². The molecule has 1 heterocycles. The van der Waals surface area contributed by atoms with Gasteiger partial charge in [-0.15, -0.1) is 0 Å². The molecule has 0 amide bonds. The van der Waals surface area contributed by atoms with E-state index in [0.717, 1.165) is 16.8 Å². The summed E-state index contributed by atoms with van der Waals surface area (Å²) in [7, 11) is 1.58. The van der Waals surface area contributed by atoms with Crippen molar-refractivity contribution >= 4 is 11.8 Å². The van der Waals surface area contributed by atoms with Crippen molar-refractivity contribution in [1.29, 1.82) is 0 Å². The molecule has 4 rings (SSSR count). The van der Waals surface area contributed by atoms with Crippen LogP contribution in [0.25, 0.3) is 0 Å². The molecule has 35 heavy (non-hydrogen) atoms. The van der Waals surface area contributed by atoms with Crippen LogP contribution in [0.3, 0.4) is 0 Å². The summed E-state index contributed by atoms with van der Waals surface area (Å²) in [5.74, 6) is 0.326. The smallest absolute Gasteiger partial charge is 0.337 e. The molecule has 0 radical (unpaired) electrons. The van der Waals surface area contributed by atoms with E-state index in [4.69, 9.17) is 14.2 Å². The standard InChI is InChI=1S/C29H33NO5/c1-6-34-24-13-12-20(16-25(24)33-5)27-26(29(32)35-17(2)3)18(4)30-22-14-21(15-23(31)28(22)27)19-10-8-7-9-11-19/h7-13,16-17,21,27,30H,6,14-15H2,1-5H3/t21-,27-/m1/s1. The Bertz CT molecular complexity index is 1180. The molecule has 1 aliphatic carbocycles. The number of dihydropyridines is 1. The predicted octanol–water partition coefficient (Wildman–Crippen LogP) is 5.41. The quantitative estimate of drug-likeness (QED) is 0.540. The first kappa shape index (κ1) is 24.6. The zero-order valence-corrected chi connectivity index (χ0v) is 21.0. The summed E-state index contributed by atoms with van der Waals surface area (Å²) in [4.78, 5) is 27.0. The fourth-order valence-electron chi connectivity index (χ4n) is 5.02. The Morgan fingerprint density at radius 2 is 1.80 bits per heavy atom. The van der Waals surface area contributed by atoms with Gasteiger partial charge in [-0.05, 0) is 63.3 Å². The summed E-state index contributed by atoms with van der Waals surface area (Å²) < 4.78 is 16.9. The normalized spacial score (nSPS) is 19.9. The number of ether oxygens (including phenoxy) is 3. The molecule has 0 saturated heterocycles. The third-order valence-corrected chi connectivity index (χ3v) is 6.48. The van der Waals surface area contributed by atoms with Crippen LogP contribution in [0.5, 0.6) is 11.5 Å². The van der Waals surface area contributed by atoms with Gasteiger partial charge in [0.25, 0.3) is 0 Å². The summed E-state index contributed by atoms with van der Waals surface area (Å²) in [6.07, 6.45) is 0.804. The van der Waals surface area contributed by atoms with Crippen molar-refractivity contribution in [2.24, 2.45) is 0 Å². The third kappa shape index (κ3) is 4.97. The minimum Gasteiger partial charge on any atom is -0.493 e. The average molecular weight is 476 g/mol. The number of ketones is 1. The maximum Gasteiger partial charge on any atom is 0.337 e. The van der Waals surface area contributed by atoms with Crippen molar-refractivity contribution in [1.82, 2.24) is 5.32 Å². The predicted molar refractivity (Wildman–Crippen MR) is 134 cm³/mol. The Kier molecular flexibility index (Phi) is 7.29. The Balaban J connectivity index is 1.82. The lowest BCUT2D eigenvalue weighted by Gasteiger charge is -2.37. The third-order valence-electron chi connectivity index (χ3n) is 6.48. The van der Waals surface area contributed by atoms with Gasteiger partial charge in [0.2, 0.25) is 0 Å². The van der Waals surface area contributed by atoms with Crippen LogP contribution in [-0.2, 0) is 14.3 Å². The van der Waals surface area contributed by atoms with Crippen LogP contribution in [0, 0.1) is 0 Å². The molecule has 2 atom stereocenters. The molecular formula is C29H33NO5. The van der Waals surface area contributed by atoms with Gasteiger partial charge in [-0.2, -0.15) is 0 Å². The monoisotopic (exact) mass is 475 g/mol. The van der Waals surface area contributed by atoms with E-state index in [2.05, 4.69) is 17.4 Å². The zero-order valence-electron chi connectivity index (χ0n) is 21.0. The summed E-state index contributed by atoms with van der Waals surface area (Å²) in [5, 5.41) is 3.39. The number of methoxy groups -OCH3 is 1. The van der Waals surface area contributed by atoms with E-state index >= 15 is 0 Å². The number of carbonyl (C=O) groups excluding carboxylic acids is 2. The molecule has 1 N–H and O–H groups in total. The Morgan fingerprint density at radius 1 is 1.06 bits per heavy atom.